The lowest BCUT2D eigenvalue weighted by Gasteiger charge is -1.91. The number of oxime groups is 1. The van der Waals surface area contributed by atoms with Crippen LogP contribution in [0.2, 0.25) is 0 Å². The van der Waals surface area contributed by atoms with Gasteiger partial charge in [0, 0.05) is 17.1 Å². The number of Topliss-reactive ketones (excluding diaryl/α,β-unsaturated/α-hetero) is 1. The van der Waals surface area contributed by atoms with Gasteiger partial charge in [-0.05, 0) is 12.1 Å². The maximum absolute atomic E-state index is 10.9. The normalized spacial score (nSPS) is 10.1. The van der Waals surface area contributed by atoms with Crippen molar-refractivity contribution in [2.75, 3.05) is 0 Å². The van der Waals surface area contributed by atoms with Crippen molar-refractivity contribution in [2.45, 2.75) is 0 Å². The van der Waals surface area contributed by atoms with Gasteiger partial charge in [0.05, 0.1) is 5.52 Å². The summed E-state index contributed by atoms with van der Waals surface area (Å²) in [6, 6.07) is 20.7. The summed E-state index contributed by atoms with van der Waals surface area (Å²) in [5, 5.41) is 11.9. The maximum Gasteiger partial charge on any atom is 0.207 e. The molecule has 4 heteroatoms. The Morgan fingerprint density at radius 3 is 2.33 bits per heavy atom. The summed E-state index contributed by atoms with van der Waals surface area (Å²) < 4.78 is 0. The van der Waals surface area contributed by atoms with Gasteiger partial charge in [-0.2, -0.15) is 0 Å². The number of aromatic nitrogens is 1. The summed E-state index contributed by atoms with van der Waals surface area (Å²) >= 11 is 0. The first-order valence-electron chi connectivity index (χ1n) is 6.38. The van der Waals surface area contributed by atoms with E-state index in [2.05, 4.69) is 22.3 Å². The van der Waals surface area contributed by atoms with E-state index < -0.39 is 0 Å². The third-order valence-corrected chi connectivity index (χ3v) is 2.75. The van der Waals surface area contributed by atoms with Crippen molar-refractivity contribution >= 4 is 22.9 Å². The Bertz CT molecular complexity index is 674. The highest BCUT2D eigenvalue weighted by Gasteiger charge is 1.99. The molecular weight excluding hydrogens is 264 g/mol. The number of benzene rings is 2. The third-order valence-electron chi connectivity index (χ3n) is 2.75. The Balaban J connectivity index is 0.000000154. The van der Waals surface area contributed by atoms with Crippen LogP contribution in [0.1, 0.15) is 10.4 Å². The zero-order valence-corrected chi connectivity index (χ0v) is 11.3. The number of rotatable bonds is 2. The molecule has 0 spiro atoms. The molecule has 0 amide bonds. The lowest BCUT2D eigenvalue weighted by molar-refractivity contribution is 0.106. The van der Waals surface area contributed by atoms with Crippen LogP contribution in [0.15, 0.2) is 78.1 Å². The topological polar surface area (TPSA) is 62.5 Å². The molecule has 0 aliphatic rings. The van der Waals surface area contributed by atoms with Gasteiger partial charge in [0.1, 0.15) is 6.21 Å². The van der Waals surface area contributed by atoms with E-state index in [1.807, 2.05) is 36.5 Å². The Morgan fingerprint density at radius 1 is 0.952 bits per heavy atom. The van der Waals surface area contributed by atoms with E-state index in [0.29, 0.717) is 5.56 Å². The fourth-order valence-corrected chi connectivity index (χ4v) is 1.75. The fourth-order valence-electron chi connectivity index (χ4n) is 1.75. The van der Waals surface area contributed by atoms with E-state index in [0.717, 1.165) is 11.7 Å². The number of pyridine rings is 1. The Labute approximate surface area is 122 Å². The van der Waals surface area contributed by atoms with Crippen molar-refractivity contribution in [3.8, 4) is 0 Å². The molecule has 0 saturated carbocycles. The standard InChI is InChI=1S/C9H7N.C8H7NO2/c1-2-6-9-8(4-1)5-3-7-10-9;10-8(6-9-11)7-4-2-1-3-5-7/h1-7H;1-6,11H. The molecule has 21 heavy (non-hydrogen) atoms. The van der Waals surface area contributed by atoms with Gasteiger partial charge in [0.15, 0.2) is 0 Å². The second-order valence-electron chi connectivity index (χ2n) is 4.17. The molecule has 2 aromatic carbocycles. The van der Waals surface area contributed by atoms with Gasteiger partial charge < -0.3 is 5.21 Å². The molecule has 0 unspecified atom stereocenters. The molecule has 0 radical (unpaired) electrons. The van der Waals surface area contributed by atoms with Gasteiger partial charge in [-0.3, -0.25) is 9.78 Å². The molecule has 1 heterocycles. The first-order valence-corrected chi connectivity index (χ1v) is 6.38. The lowest BCUT2D eigenvalue weighted by atomic mass is 10.1. The monoisotopic (exact) mass is 278 g/mol. The zero-order valence-electron chi connectivity index (χ0n) is 11.3. The molecule has 0 fully saturated rings. The maximum atomic E-state index is 10.9. The smallest absolute Gasteiger partial charge is 0.207 e. The summed E-state index contributed by atoms with van der Waals surface area (Å²) in [7, 11) is 0. The summed E-state index contributed by atoms with van der Waals surface area (Å²) in [4.78, 5) is 15.1. The fraction of sp³-hybridized carbons (Fsp3) is 0. The van der Waals surface area contributed by atoms with Gasteiger partial charge in [-0.15, -0.1) is 0 Å². The zero-order chi connectivity index (χ0) is 14.9. The van der Waals surface area contributed by atoms with Crippen LogP contribution < -0.4 is 0 Å². The minimum absolute atomic E-state index is 0.298. The van der Waals surface area contributed by atoms with Crippen LogP contribution in [0.3, 0.4) is 0 Å². The quantitative estimate of drug-likeness (QED) is 0.337. The highest BCUT2D eigenvalue weighted by atomic mass is 16.4. The highest BCUT2D eigenvalue weighted by molar-refractivity contribution is 6.35. The van der Waals surface area contributed by atoms with Crippen LogP contribution in [-0.4, -0.2) is 22.2 Å². The van der Waals surface area contributed by atoms with Crippen molar-refractivity contribution in [2.24, 2.45) is 5.16 Å². The SMILES string of the molecule is O=C(C=NO)c1ccccc1.c1ccc2ncccc2c1. The molecule has 3 rings (SSSR count). The lowest BCUT2D eigenvalue weighted by Crippen LogP contribution is -1.98. The molecule has 4 nitrogen and oxygen atoms in total. The van der Waals surface area contributed by atoms with Crippen LogP contribution in [-0.2, 0) is 0 Å². The number of carbonyl (C=O) groups excluding carboxylic acids is 1. The van der Waals surface area contributed by atoms with E-state index in [1.165, 1.54) is 5.39 Å². The van der Waals surface area contributed by atoms with Crippen LogP contribution in [0.4, 0.5) is 0 Å². The second kappa shape index (κ2) is 7.55. The van der Waals surface area contributed by atoms with Crippen LogP contribution in [0, 0.1) is 0 Å². The Hall–Kier alpha value is -3.01. The van der Waals surface area contributed by atoms with E-state index in [-0.39, 0.29) is 5.78 Å². The third kappa shape index (κ3) is 4.24. The average Bonchev–Trinajstić information content (AvgIpc) is 2.57. The largest absolute Gasteiger partial charge is 0.411 e. The number of hydrogen-bond acceptors (Lipinski definition) is 4. The predicted molar refractivity (Wildman–Crippen MR) is 82.8 cm³/mol. The van der Waals surface area contributed by atoms with Crippen molar-refractivity contribution in [1.82, 2.24) is 4.98 Å². The molecule has 0 aliphatic heterocycles. The number of carbonyl (C=O) groups is 1. The summed E-state index contributed by atoms with van der Waals surface area (Å²) in [5.74, 6) is -0.298. The van der Waals surface area contributed by atoms with Gasteiger partial charge in [-0.1, -0.05) is 59.8 Å². The number of ketones is 1. The van der Waals surface area contributed by atoms with Crippen LogP contribution in [0.5, 0.6) is 0 Å². The second-order valence-corrected chi connectivity index (χ2v) is 4.17. The number of para-hydroxylation sites is 1. The molecule has 104 valence electrons. The van der Waals surface area contributed by atoms with E-state index in [9.17, 15) is 4.79 Å². The van der Waals surface area contributed by atoms with Crippen LogP contribution >= 0.6 is 0 Å². The Morgan fingerprint density at radius 2 is 1.62 bits per heavy atom. The number of nitrogens with zero attached hydrogens (tertiary/aromatic N) is 2. The number of hydrogen-bond donors (Lipinski definition) is 1. The van der Waals surface area contributed by atoms with Crippen molar-refractivity contribution in [3.05, 3.63) is 78.5 Å². The van der Waals surface area contributed by atoms with E-state index >= 15 is 0 Å². The minimum Gasteiger partial charge on any atom is -0.411 e. The molecule has 0 atom stereocenters. The van der Waals surface area contributed by atoms with Gasteiger partial charge in [0.25, 0.3) is 0 Å². The Kier molecular flexibility index (Phi) is 5.18. The van der Waals surface area contributed by atoms with Gasteiger partial charge in [-0.25, -0.2) is 0 Å². The molecule has 1 N–H and O–H groups in total. The minimum atomic E-state index is -0.298. The highest BCUT2D eigenvalue weighted by Crippen LogP contribution is 2.07. The van der Waals surface area contributed by atoms with E-state index in [1.54, 1.807) is 24.3 Å². The van der Waals surface area contributed by atoms with Crippen LogP contribution in [0.25, 0.3) is 10.9 Å². The first-order chi connectivity index (χ1) is 10.3. The predicted octanol–water partition coefficient (Wildman–Crippen LogP) is 3.56. The molecular formula is C17H14N2O2. The summed E-state index contributed by atoms with van der Waals surface area (Å²) in [6.45, 7) is 0. The summed E-state index contributed by atoms with van der Waals surface area (Å²) in [5.41, 5.74) is 1.58. The van der Waals surface area contributed by atoms with Crippen molar-refractivity contribution in [3.63, 3.8) is 0 Å². The average molecular weight is 278 g/mol. The molecule has 0 bridgehead atoms. The van der Waals surface area contributed by atoms with Crippen molar-refractivity contribution in [1.29, 1.82) is 0 Å². The molecule has 1 aromatic heterocycles. The van der Waals surface area contributed by atoms with Gasteiger partial charge >= 0.3 is 0 Å². The molecule has 0 aliphatic carbocycles. The van der Waals surface area contributed by atoms with Gasteiger partial charge in [0.2, 0.25) is 5.78 Å². The molecule has 3 aromatic rings. The summed E-state index contributed by atoms with van der Waals surface area (Å²) in [6.07, 6.45) is 2.68. The van der Waals surface area contributed by atoms with E-state index in [4.69, 9.17) is 5.21 Å². The number of fused-ring (bicyclic) bond motifs is 1. The van der Waals surface area contributed by atoms with Crippen molar-refractivity contribution < 1.29 is 10.0 Å². The first kappa shape index (κ1) is 14.4. The molecule has 0 saturated heterocycles.